The van der Waals surface area contributed by atoms with Gasteiger partial charge in [-0.05, 0) is 19.4 Å². The molecule has 0 aromatic rings. The Kier molecular flexibility index (Phi) is 11.6. The molecule has 0 saturated heterocycles. The summed E-state index contributed by atoms with van der Waals surface area (Å²) < 4.78 is 3.88. The van der Waals surface area contributed by atoms with Crippen LogP contribution in [0.2, 0.25) is 0 Å². The Balaban J connectivity index is 0.000000397. The number of unbranched alkanes of at least 4 members (excludes halogenated alkanes) is 2. The first-order chi connectivity index (χ1) is 8.66. The van der Waals surface area contributed by atoms with Gasteiger partial charge in [0.1, 0.15) is 0 Å². The van der Waals surface area contributed by atoms with Crippen LogP contribution in [0, 0.1) is 0 Å². The van der Waals surface area contributed by atoms with Gasteiger partial charge in [0.05, 0.1) is 0 Å². The van der Waals surface area contributed by atoms with Gasteiger partial charge in [-0.15, -0.1) is 0 Å². The predicted molar refractivity (Wildman–Crippen MR) is 69.3 cm³/mol. The number of hydrogen-bond donors (Lipinski definition) is 2. The van der Waals surface area contributed by atoms with Crippen LogP contribution < -0.4 is 5.73 Å². The molecule has 0 aromatic heterocycles. The fourth-order valence-electron chi connectivity index (χ4n) is 1.80. The first-order valence-electron chi connectivity index (χ1n) is 6.80. The Morgan fingerprint density at radius 3 is 1.83 bits per heavy atom. The number of hydrogen-bond acceptors (Lipinski definition) is 4. The van der Waals surface area contributed by atoms with Gasteiger partial charge in [0, 0.05) is 6.42 Å². The van der Waals surface area contributed by atoms with E-state index in [1.807, 2.05) is 0 Å². The fraction of sp³-hybridized carbons (Fsp3) is 0.846. The quantitative estimate of drug-likeness (QED) is 0.450. The van der Waals surface area contributed by atoms with Crippen molar-refractivity contribution in [1.82, 2.24) is 0 Å². The summed E-state index contributed by atoms with van der Waals surface area (Å²) in [4.78, 5) is 20.4. The van der Waals surface area contributed by atoms with E-state index in [2.05, 4.69) is 4.74 Å². The number of carbonyl (C=O) groups is 2. The summed E-state index contributed by atoms with van der Waals surface area (Å²) >= 11 is 0. The van der Waals surface area contributed by atoms with Gasteiger partial charge in [0.2, 0.25) is 0 Å². The van der Waals surface area contributed by atoms with Crippen molar-refractivity contribution in [3.05, 3.63) is 0 Å². The number of ether oxygens (including phenoxy) is 1. The molecule has 0 unspecified atom stereocenters. The van der Waals surface area contributed by atoms with Crippen LogP contribution in [-0.4, -0.2) is 23.8 Å². The van der Waals surface area contributed by atoms with E-state index in [0.29, 0.717) is 13.0 Å². The lowest BCUT2D eigenvalue weighted by molar-refractivity contribution is -0.139. The Morgan fingerprint density at radius 1 is 0.944 bits per heavy atom. The van der Waals surface area contributed by atoms with Crippen molar-refractivity contribution >= 4 is 12.1 Å². The minimum absolute atomic E-state index is 0.145. The van der Waals surface area contributed by atoms with Gasteiger partial charge in [-0.3, -0.25) is 4.79 Å². The van der Waals surface area contributed by atoms with Gasteiger partial charge in [-0.2, -0.15) is 0 Å². The molecule has 1 saturated carbocycles. The highest BCUT2D eigenvalue weighted by Crippen LogP contribution is 2.15. The molecule has 0 spiro atoms. The van der Waals surface area contributed by atoms with Gasteiger partial charge >= 0.3 is 12.1 Å². The lowest BCUT2D eigenvalue weighted by Gasteiger charge is -2.05. The molecule has 0 radical (unpaired) electrons. The Morgan fingerprint density at radius 2 is 1.44 bits per heavy atom. The lowest BCUT2D eigenvalue weighted by atomic mass is 10.0. The van der Waals surface area contributed by atoms with Crippen LogP contribution in [0.4, 0.5) is 4.79 Å². The third kappa shape index (κ3) is 13.0. The van der Waals surface area contributed by atoms with Crippen LogP contribution in [0.5, 0.6) is 0 Å². The first-order valence-corrected chi connectivity index (χ1v) is 6.80. The fourth-order valence-corrected chi connectivity index (χ4v) is 1.80. The lowest BCUT2D eigenvalue weighted by Crippen LogP contribution is -2.09. The molecular formula is C13H25NO4. The van der Waals surface area contributed by atoms with Crippen LogP contribution in [0.1, 0.15) is 64.2 Å². The summed E-state index contributed by atoms with van der Waals surface area (Å²) in [5.74, 6) is -0.695. The first kappa shape index (κ1) is 16.9. The molecule has 1 fully saturated rings. The molecule has 5 heteroatoms. The van der Waals surface area contributed by atoms with Gasteiger partial charge in [0.25, 0.3) is 0 Å². The van der Waals surface area contributed by atoms with E-state index in [1.54, 1.807) is 0 Å². The molecule has 1 aliphatic rings. The Hall–Kier alpha value is -1.10. The van der Waals surface area contributed by atoms with Gasteiger partial charge in [-0.25, -0.2) is 4.79 Å². The zero-order valence-corrected chi connectivity index (χ0v) is 11.0. The third-order valence-electron chi connectivity index (χ3n) is 2.79. The second-order valence-corrected chi connectivity index (χ2v) is 4.46. The number of esters is 1. The van der Waals surface area contributed by atoms with Crippen molar-refractivity contribution in [2.45, 2.75) is 64.2 Å². The molecular weight excluding hydrogens is 234 g/mol. The van der Waals surface area contributed by atoms with Crippen LogP contribution in [-0.2, 0) is 9.53 Å². The van der Waals surface area contributed by atoms with Crippen molar-refractivity contribution in [1.29, 1.82) is 0 Å². The summed E-state index contributed by atoms with van der Waals surface area (Å²) in [6.07, 6.45) is 9.90. The van der Waals surface area contributed by atoms with Crippen LogP contribution in [0.25, 0.3) is 0 Å². The molecule has 0 atom stereocenters. The number of carboxylic acid groups (broad SMARTS) is 1. The molecule has 1 aliphatic carbocycles. The number of nitrogens with two attached hydrogens (primary N) is 1. The maximum absolute atomic E-state index is 10.6. The minimum Gasteiger partial charge on any atom is -0.449 e. The van der Waals surface area contributed by atoms with E-state index in [-0.39, 0.29) is 6.42 Å². The van der Waals surface area contributed by atoms with Crippen molar-refractivity contribution in [3.8, 4) is 0 Å². The number of carbonyl (C=O) groups excluding carboxylic acids is 1. The second-order valence-electron chi connectivity index (χ2n) is 4.46. The summed E-state index contributed by atoms with van der Waals surface area (Å²) in [7, 11) is 0. The molecule has 18 heavy (non-hydrogen) atoms. The highest BCUT2D eigenvalue weighted by Gasteiger charge is 2.06. The monoisotopic (exact) mass is 259 g/mol. The van der Waals surface area contributed by atoms with E-state index in [9.17, 15) is 9.59 Å². The van der Waals surface area contributed by atoms with Gasteiger partial charge < -0.3 is 15.6 Å². The molecule has 0 aromatic carbocycles. The van der Waals surface area contributed by atoms with Crippen molar-refractivity contribution in [3.63, 3.8) is 0 Å². The smallest absolute Gasteiger partial charge is 0.449 e. The van der Waals surface area contributed by atoms with Gasteiger partial charge in [-0.1, -0.05) is 44.9 Å². The van der Waals surface area contributed by atoms with Gasteiger partial charge in [0.15, 0.2) is 0 Å². The zero-order valence-electron chi connectivity index (χ0n) is 11.0. The standard InChI is InChI=1S/C7H13NO4.C6H12/c8-5-3-1-2-4-6(9)12-7(10)11;1-2-4-6-5-3-1/h1-5,8H2,(H,10,11);1-6H2. The summed E-state index contributed by atoms with van der Waals surface area (Å²) in [5.41, 5.74) is 5.22. The topological polar surface area (TPSA) is 89.6 Å². The Bertz CT molecular complexity index is 216. The van der Waals surface area contributed by atoms with E-state index < -0.39 is 12.1 Å². The SMILES string of the molecule is C1CCCCC1.NCCCCCC(=O)OC(=O)O. The van der Waals surface area contributed by atoms with Crippen molar-refractivity contribution in [2.75, 3.05) is 6.54 Å². The highest BCUT2D eigenvalue weighted by atomic mass is 16.7. The maximum Gasteiger partial charge on any atom is 0.513 e. The highest BCUT2D eigenvalue weighted by molar-refractivity contribution is 5.80. The maximum atomic E-state index is 10.6. The minimum atomic E-state index is -1.54. The van der Waals surface area contributed by atoms with Crippen molar-refractivity contribution in [2.24, 2.45) is 5.73 Å². The van der Waals surface area contributed by atoms with E-state index >= 15 is 0 Å². The molecule has 106 valence electrons. The van der Waals surface area contributed by atoms with E-state index in [4.69, 9.17) is 10.8 Å². The molecule has 0 bridgehead atoms. The summed E-state index contributed by atoms with van der Waals surface area (Å²) in [6, 6.07) is 0. The molecule has 3 N–H and O–H groups in total. The predicted octanol–water partition coefficient (Wildman–Crippen LogP) is 3.07. The van der Waals surface area contributed by atoms with Crippen molar-refractivity contribution < 1.29 is 19.4 Å². The Labute approximate surface area is 109 Å². The normalized spacial score (nSPS) is 14.3. The van der Waals surface area contributed by atoms with Crippen LogP contribution >= 0.6 is 0 Å². The average molecular weight is 259 g/mol. The van der Waals surface area contributed by atoms with Crippen LogP contribution in [0.15, 0.2) is 0 Å². The van der Waals surface area contributed by atoms with Crippen LogP contribution in [0.3, 0.4) is 0 Å². The number of rotatable bonds is 5. The molecule has 0 amide bonds. The molecule has 1 rings (SSSR count). The molecule has 5 nitrogen and oxygen atoms in total. The van der Waals surface area contributed by atoms with E-state index in [1.165, 1.54) is 38.5 Å². The zero-order chi connectivity index (χ0) is 13.6. The second kappa shape index (κ2) is 12.4. The summed E-state index contributed by atoms with van der Waals surface area (Å²) in [6.45, 7) is 0.591. The average Bonchev–Trinajstić information content (AvgIpc) is 2.37. The molecule has 0 heterocycles. The summed E-state index contributed by atoms with van der Waals surface area (Å²) in [5, 5.41) is 8.02. The largest absolute Gasteiger partial charge is 0.513 e. The third-order valence-corrected chi connectivity index (χ3v) is 2.79. The molecule has 0 aliphatic heterocycles. The van der Waals surface area contributed by atoms with E-state index in [0.717, 1.165) is 12.8 Å².